The SMILES string of the molecule is CC(=O)N[C@@H](C)C(=O)Nc1c(C)cc(C)cc1Cl. The Labute approximate surface area is 112 Å². The van der Waals surface area contributed by atoms with Gasteiger partial charge in [-0.3, -0.25) is 9.59 Å². The first-order chi connectivity index (χ1) is 8.31. The number of nitrogens with one attached hydrogen (secondary N) is 2. The molecule has 1 aromatic rings. The molecule has 0 aliphatic heterocycles. The number of aryl methyl sites for hydroxylation is 2. The van der Waals surface area contributed by atoms with Crippen LogP contribution in [0.4, 0.5) is 5.69 Å². The molecule has 0 bridgehead atoms. The second-order valence-electron chi connectivity index (χ2n) is 4.35. The lowest BCUT2D eigenvalue weighted by molar-refractivity contribution is -0.124. The molecule has 18 heavy (non-hydrogen) atoms. The minimum absolute atomic E-state index is 0.246. The van der Waals surface area contributed by atoms with E-state index in [4.69, 9.17) is 11.6 Å². The van der Waals surface area contributed by atoms with E-state index in [-0.39, 0.29) is 11.8 Å². The Morgan fingerprint density at radius 1 is 1.28 bits per heavy atom. The molecule has 0 aliphatic carbocycles. The summed E-state index contributed by atoms with van der Waals surface area (Å²) in [5.74, 6) is -0.538. The Morgan fingerprint density at radius 2 is 1.89 bits per heavy atom. The summed E-state index contributed by atoms with van der Waals surface area (Å²) in [5.41, 5.74) is 2.51. The van der Waals surface area contributed by atoms with E-state index in [0.29, 0.717) is 10.7 Å². The zero-order chi connectivity index (χ0) is 13.9. The maximum Gasteiger partial charge on any atom is 0.246 e. The highest BCUT2D eigenvalue weighted by Gasteiger charge is 2.16. The van der Waals surface area contributed by atoms with E-state index >= 15 is 0 Å². The van der Waals surface area contributed by atoms with Crippen LogP contribution in [0.1, 0.15) is 25.0 Å². The normalized spacial score (nSPS) is 11.8. The molecular weight excluding hydrogens is 252 g/mol. The first-order valence-electron chi connectivity index (χ1n) is 5.66. The number of halogens is 1. The second kappa shape index (κ2) is 5.87. The van der Waals surface area contributed by atoms with Crippen LogP contribution in [-0.4, -0.2) is 17.9 Å². The average Bonchev–Trinajstić information content (AvgIpc) is 2.21. The Morgan fingerprint density at radius 3 is 2.39 bits per heavy atom. The lowest BCUT2D eigenvalue weighted by atomic mass is 10.1. The van der Waals surface area contributed by atoms with Gasteiger partial charge in [0.15, 0.2) is 0 Å². The van der Waals surface area contributed by atoms with Crippen LogP contribution in [0.3, 0.4) is 0 Å². The molecule has 98 valence electrons. The predicted molar refractivity (Wildman–Crippen MR) is 72.8 cm³/mol. The number of carbonyl (C=O) groups is 2. The maximum absolute atomic E-state index is 11.9. The van der Waals surface area contributed by atoms with E-state index in [9.17, 15) is 9.59 Å². The molecular formula is C13H17ClN2O2. The van der Waals surface area contributed by atoms with Crippen LogP contribution >= 0.6 is 11.6 Å². The number of hydrogen-bond acceptors (Lipinski definition) is 2. The smallest absolute Gasteiger partial charge is 0.246 e. The fraction of sp³-hybridized carbons (Fsp3) is 0.385. The van der Waals surface area contributed by atoms with Gasteiger partial charge in [0.25, 0.3) is 0 Å². The molecule has 0 heterocycles. The largest absolute Gasteiger partial charge is 0.345 e. The summed E-state index contributed by atoms with van der Waals surface area (Å²) in [4.78, 5) is 22.7. The van der Waals surface area contributed by atoms with Crippen LogP contribution in [0.5, 0.6) is 0 Å². The summed E-state index contributed by atoms with van der Waals surface area (Å²) < 4.78 is 0. The van der Waals surface area contributed by atoms with E-state index in [2.05, 4.69) is 10.6 Å². The third-order valence-electron chi connectivity index (χ3n) is 2.49. The Balaban J connectivity index is 2.85. The van der Waals surface area contributed by atoms with E-state index < -0.39 is 6.04 Å². The van der Waals surface area contributed by atoms with Crippen molar-refractivity contribution in [3.8, 4) is 0 Å². The zero-order valence-corrected chi connectivity index (χ0v) is 11.7. The Hall–Kier alpha value is -1.55. The molecule has 5 heteroatoms. The zero-order valence-electron chi connectivity index (χ0n) is 10.9. The molecule has 0 fully saturated rings. The van der Waals surface area contributed by atoms with Crippen LogP contribution in [0.15, 0.2) is 12.1 Å². The lowest BCUT2D eigenvalue weighted by Gasteiger charge is -2.15. The highest BCUT2D eigenvalue weighted by molar-refractivity contribution is 6.34. The first kappa shape index (κ1) is 14.5. The molecule has 4 nitrogen and oxygen atoms in total. The monoisotopic (exact) mass is 268 g/mol. The summed E-state index contributed by atoms with van der Waals surface area (Å²) in [6, 6.07) is 3.12. The van der Waals surface area contributed by atoms with Gasteiger partial charge >= 0.3 is 0 Å². The molecule has 1 rings (SSSR count). The number of carbonyl (C=O) groups excluding carboxylic acids is 2. The summed E-state index contributed by atoms with van der Waals surface area (Å²) in [7, 11) is 0. The minimum Gasteiger partial charge on any atom is -0.345 e. The molecule has 0 radical (unpaired) electrons. The van der Waals surface area contributed by atoms with Crippen molar-refractivity contribution in [2.45, 2.75) is 33.7 Å². The first-order valence-corrected chi connectivity index (χ1v) is 6.03. The van der Waals surface area contributed by atoms with E-state index in [0.717, 1.165) is 11.1 Å². The summed E-state index contributed by atoms with van der Waals surface area (Å²) in [6.45, 7) is 6.80. The molecule has 0 aromatic heterocycles. The van der Waals surface area contributed by atoms with Crippen molar-refractivity contribution in [1.29, 1.82) is 0 Å². The Bertz CT molecular complexity index is 463. The molecule has 0 saturated heterocycles. The third kappa shape index (κ3) is 3.74. The Kier molecular flexibility index (Phi) is 4.73. The number of anilines is 1. The van der Waals surface area contributed by atoms with Crippen molar-refractivity contribution in [3.05, 3.63) is 28.3 Å². The number of rotatable bonds is 3. The van der Waals surface area contributed by atoms with Gasteiger partial charge in [0.2, 0.25) is 11.8 Å². The van der Waals surface area contributed by atoms with Crippen molar-refractivity contribution in [3.63, 3.8) is 0 Å². The summed E-state index contributed by atoms with van der Waals surface area (Å²) in [5, 5.41) is 5.74. The molecule has 0 saturated carbocycles. The number of hydrogen-bond donors (Lipinski definition) is 2. The average molecular weight is 269 g/mol. The van der Waals surface area contributed by atoms with Gasteiger partial charge in [-0.25, -0.2) is 0 Å². The van der Waals surface area contributed by atoms with Gasteiger partial charge in [-0.2, -0.15) is 0 Å². The molecule has 1 atom stereocenters. The molecule has 0 unspecified atom stereocenters. The van der Waals surface area contributed by atoms with Crippen molar-refractivity contribution < 1.29 is 9.59 Å². The second-order valence-corrected chi connectivity index (χ2v) is 4.76. The lowest BCUT2D eigenvalue weighted by Crippen LogP contribution is -2.40. The van der Waals surface area contributed by atoms with Gasteiger partial charge in [-0.1, -0.05) is 17.7 Å². The minimum atomic E-state index is -0.598. The predicted octanol–water partition coefficient (Wildman–Crippen LogP) is 2.42. The third-order valence-corrected chi connectivity index (χ3v) is 2.79. The molecule has 2 amide bonds. The van der Waals surface area contributed by atoms with E-state index in [1.807, 2.05) is 19.9 Å². The fourth-order valence-corrected chi connectivity index (χ4v) is 2.04. The molecule has 1 aromatic carbocycles. The van der Waals surface area contributed by atoms with Gasteiger partial charge in [0.1, 0.15) is 6.04 Å². The topological polar surface area (TPSA) is 58.2 Å². The fourth-order valence-electron chi connectivity index (χ4n) is 1.68. The van der Waals surface area contributed by atoms with Crippen molar-refractivity contribution >= 4 is 29.1 Å². The van der Waals surface area contributed by atoms with Gasteiger partial charge in [0, 0.05) is 6.92 Å². The van der Waals surface area contributed by atoms with Crippen LogP contribution in [0.25, 0.3) is 0 Å². The van der Waals surface area contributed by atoms with Crippen molar-refractivity contribution in [1.82, 2.24) is 5.32 Å². The number of amides is 2. The summed E-state index contributed by atoms with van der Waals surface area (Å²) in [6.07, 6.45) is 0. The van der Waals surface area contributed by atoms with E-state index in [1.165, 1.54) is 6.92 Å². The maximum atomic E-state index is 11.9. The van der Waals surface area contributed by atoms with E-state index in [1.54, 1.807) is 13.0 Å². The molecule has 2 N–H and O–H groups in total. The molecule has 0 spiro atoms. The summed E-state index contributed by atoms with van der Waals surface area (Å²) >= 11 is 6.09. The number of benzene rings is 1. The van der Waals surface area contributed by atoms with Crippen LogP contribution in [0.2, 0.25) is 5.02 Å². The van der Waals surface area contributed by atoms with Gasteiger partial charge in [-0.05, 0) is 38.0 Å². The van der Waals surface area contributed by atoms with Crippen LogP contribution < -0.4 is 10.6 Å². The highest BCUT2D eigenvalue weighted by atomic mass is 35.5. The van der Waals surface area contributed by atoms with Gasteiger partial charge in [-0.15, -0.1) is 0 Å². The van der Waals surface area contributed by atoms with Crippen molar-refractivity contribution in [2.75, 3.05) is 5.32 Å². The molecule has 0 aliphatic rings. The van der Waals surface area contributed by atoms with Gasteiger partial charge < -0.3 is 10.6 Å². The quantitative estimate of drug-likeness (QED) is 0.885. The van der Waals surface area contributed by atoms with Crippen LogP contribution in [0, 0.1) is 13.8 Å². The highest BCUT2D eigenvalue weighted by Crippen LogP contribution is 2.27. The van der Waals surface area contributed by atoms with Crippen molar-refractivity contribution in [2.24, 2.45) is 0 Å². The standard InChI is InChI=1S/C13H17ClN2O2/c1-7-5-8(2)12(11(14)6-7)16-13(18)9(3)15-10(4)17/h5-6,9H,1-4H3,(H,15,17)(H,16,18)/t9-/m0/s1. The van der Waals surface area contributed by atoms with Gasteiger partial charge in [0.05, 0.1) is 10.7 Å². The van der Waals surface area contributed by atoms with Crippen LogP contribution in [-0.2, 0) is 9.59 Å².